The second-order valence-electron chi connectivity index (χ2n) is 13.1. The minimum Gasteiger partial charge on any atom is -0.390 e. The third kappa shape index (κ3) is 2.49. The van der Waals surface area contributed by atoms with Gasteiger partial charge in [-0.05, 0) is 129 Å². The molecule has 0 aromatic carbocycles. The van der Waals surface area contributed by atoms with E-state index in [0.29, 0.717) is 33.5 Å². The summed E-state index contributed by atoms with van der Waals surface area (Å²) in [4.78, 5) is 11.3. The minimum absolute atomic E-state index is 0.170. The van der Waals surface area contributed by atoms with Gasteiger partial charge in [0.2, 0.25) is 0 Å². The van der Waals surface area contributed by atoms with Crippen molar-refractivity contribution in [3.63, 3.8) is 0 Å². The Bertz CT molecular complexity index is 767. The molecule has 9 atom stereocenters. The fourth-order valence-electron chi connectivity index (χ4n) is 10.7. The molecule has 0 bridgehead atoms. The molecule has 1 N–H and O–H groups in total. The van der Waals surface area contributed by atoms with Crippen LogP contribution in [-0.2, 0) is 4.79 Å². The second-order valence-corrected chi connectivity index (χ2v) is 13.1. The first-order chi connectivity index (χ1) is 14.0. The zero-order valence-electron chi connectivity index (χ0n) is 20.1. The number of carbonyl (C=O) groups excluding carboxylic acids is 1. The van der Waals surface area contributed by atoms with Gasteiger partial charge in [0.05, 0.1) is 5.60 Å². The number of fused-ring (bicyclic) bond motifs is 2. The van der Waals surface area contributed by atoms with Crippen LogP contribution in [0.2, 0.25) is 0 Å². The first-order valence-electron chi connectivity index (χ1n) is 12.9. The maximum absolute atomic E-state index is 11.3. The molecule has 2 heteroatoms. The normalized spacial score (nSPS) is 55.3. The quantitative estimate of drug-likeness (QED) is 0.521. The van der Waals surface area contributed by atoms with Crippen LogP contribution in [0.5, 0.6) is 0 Å². The van der Waals surface area contributed by atoms with Gasteiger partial charge in [0, 0.05) is 0 Å². The molecule has 5 aliphatic rings. The Morgan fingerprint density at radius 1 is 0.967 bits per heavy atom. The standard InChI is InChI=1S/C28H44O2/c1-19(8-6-9-20(2)29)21-12-15-25(4)22-10-11-23-26(5,30)13-7-14-27(23)18-28(22,27)17-16-24(21,25)3/h6,9,19,21-23,30H,7-8,10-18H2,1-5H3. The van der Waals surface area contributed by atoms with E-state index < -0.39 is 5.60 Å². The molecule has 5 saturated carbocycles. The summed E-state index contributed by atoms with van der Waals surface area (Å²) in [6.07, 6.45) is 18.1. The number of carbonyl (C=O) groups is 1. The lowest BCUT2D eigenvalue weighted by Crippen LogP contribution is -2.57. The van der Waals surface area contributed by atoms with Gasteiger partial charge in [-0.1, -0.05) is 33.3 Å². The molecule has 5 fully saturated rings. The van der Waals surface area contributed by atoms with Crippen LogP contribution in [0.25, 0.3) is 0 Å². The van der Waals surface area contributed by atoms with E-state index in [1.807, 2.05) is 0 Å². The van der Waals surface area contributed by atoms with Crippen LogP contribution in [0.1, 0.15) is 105 Å². The highest BCUT2D eigenvalue weighted by Gasteiger charge is 2.81. The average molecular weight is 413 g/mol. The maximum Gasteiger partial charge on any atom is 0.152 e. The fraction of sp³-hybridized carbons (Fsp3) is 0.893. The third-order valence-corrected chi connectivity index (χ3v) is 12.1. The van der Waals surface area contributed by atoms with Crippen LogP contribution in [-0.4, -0.2) is 16.5 Å². The Morgan fingerprint density at radius 2 is 1.67 bits per heavy atom. The summed E-state index contributed by atoms with van der Waals surface area (Å²) in [7, 11) is 0. The number of hydrogen-bond acceptors (Lipinski definition) is 2. The highest BCUT2D eigenvalue weighted by molar-refractivity contribution is 5.87. The number of rotatable bonds is 4. The molecule has 0 amide bonds. The van der Waals surface area contributed by atoms with E-state index >= 15 is 0 Å². The summed E-state index contributed by atoms with van der Waals surface area (Å²) in [5.74, 6) is 3.01. The minimum atomic E-state index is -0.426. The van der Waals surface area contributed by atoms with Crippen molar-refractivity contribution in [2.45, 2.75) is 111 Å². The van der Waals surface area contributed by atoms with E-state index in [-0.39, 0.29) is 5.78 Å². The molecule has 30 heavy (non-hydrogen) atoms. The zero-order valence-corrected chi connectivity index (χ0v) is 20.1. The van der Waals surface area contributed by atoms with Crippen molar-refractivity contribution in [1.82, 2.24) is 0 Å². The van der Waals surface area contributed by atoms with Crippen molar-refractivity contribution >= 4 is 5.78 Å². The third-order valence-electron chi connectivity index (χ3n) is 12.1. The average Bonchev–Trinajstić information content (AvgIpc) is 3.23. The Labute approximate surface area is 184 Å². The van der Waals surface area contributed by atoms with E-state index in [1.165, 1.54) is 57.8 Å². The number of hydrogen-bond donors (Lipinski definition) is 1. The van der Waals surface area contributed by atoms with Gasteiger partial charge in [0.15, 0.2) is 5.78 Å². The van der Waals surface area contributed by atoms with Crippen molar-refractivity contribution in [3.05, 3.63) is 12.2 Å². The predicted octanol–water partition coefficient (Wildman–Crippen LogP) is 6.71. The van der Waals surface area contributed by atoms with Gasteiger partial charge in [0.1, 0.15) is 0 Å². The molecular weight excluding hydrogens is 368 g/mol. The van der Waals surface area contributed by atoms with E-state index in [2.05, 4.69) is 33.8 Å². The molecule has 0 aliphatic heterocycles. The van der Waals surface area contributed by atoms with Gasteiger partial charge in [0.25, 0.3) is 0 Å². The smallest absolute Gasteiger partial charge is 0.152 e. The summed E-state index contributed by atoms with van der Waals surface area (Å²) < 4.78 is 0. The van der Waals surface area contributed by atoms with Crippen LogP contribution in [0, 0.1) is 45.3 Å². The van der Waals surface area contributed by atoms with Crippen molar-refractivity contribution in [2.24, 2.45) is 45.3 Å². The lowest BCUT2D eigenvalue weighted by atomic mass is 9.42. The topological polar surface area (TPSA) is 37.3 Å². The Morgan fingerprint density at radius 3 is 2.40 bits per heavy atom. The predicted molar refractivity (Wildman–Crippen MR) is 122 cm³/mol. The van der Waals surface area contributed by atoms with E-state index in [9.17, 15) is 9.90 Å². The van der Waals surface area contributed by atoms with Crippen LogP contribution >= 0.6 is 0 Å². The molecule has 2 nitrogen and oxygen atoms in total. The first-order valence-corrected chi connectivity index (χ1v) is 12.9. The maximum atomic E-state index is 11.3. The Kier molecular flexibility index (Phi) is 4.57. The molecule has 9 unspecified atom stereocenters. The SMILES string of the molecule is CC(=O)C=CCC(C)C1CCC2(C)C3CCC4C(C)(O)CCCC45CC35CCC12C. The molecule has 2 spiro atoms. The molecule has 5 aliphatic carbocycles. The molecular formula is C28H44O2. The van der Waals surface area contributed by atoms with Crippen LogP contribution in [0.4, 0.5) is 0 Å². The van der Waals surface area contributed by atoms with E-state index in [1.54, 1.807) is 13.0 Å². The monoisotopic (exact) mass is 412 g/mol. The van der Waals surface area contributed by atoms with Crippen molar-refractivity contribution in [2.75, 3.05) is 0 Å². The van der Waals surface area contributed by atoms with Gasteiger partial charge < -0.3 is 5.11 Å². The zero-order chi connectivity index (χ0) is 21.6. The van der Waals surface area contributed by atoms with Crippen molar-refractivity contribution in [1.29, 1.82) is 0 Å². The molecule has 5 rings (SSSR count). The number of allylic oxidation sites excluding steroid dienone is 2. The van der Waals surface area contributed by atoms with Gasteiger partial charge in [-0.25, -0.2) is 0 Å². The van der Waals surface area contributed by atoms with Crippen LogP contribution in [0.15, 0.2) is 12.2 Å². The summed E-state index contributed by atoms with van der Waals surface area (Å²) in [5, 5.41) is 11.3. The molecule has 0 saturated heterocycles. The Hall–Kier alpha value is -0.630. The van der Waals surface area contributed by atoms with E-state index in [0.717, 1.165) is 24.7 Å². The molecule has 0 aromatic heterocycles. The van der Waals surface area contributed by atoms with Gasteiger partial charge in [-0.15, -0.1) is 0 Å². The second kappa shape index (κ2) is 6.46. The first kappa shape index (κ1) is 21.2. The number of aliphatic hydroxyl groups is 1. The molecule has 0 heterocycles. The lowest BCUT2D eigenvalue weighted by Gasteiger charge is -2.62. The molecule has 0 radical (unpaired) electrons. The lowest BCUT2D eigenvalue weighted by molar-refractivity contribution is -0.162. The highest BCUT2D eigenvalue weighted by atomic mass is 16.3. The van der Waals surface area contributed by atoms with Gasteiger partial charge >= 0.3 is 0 Å². The summed E-state index contributed by atoms with van der Waals surface area (Å²) in [6, 6.07) is 0. The summed E-state index contributed by atoms with van der Waals surface area (Å²) >= 11 is 0. The van der Waals surface area contributed by atoms with Crippen molar-refractivity contribution in [3.8, 4) is 0 Å². The molecule has 168 valence electrons. The van der Waals surface area contributed by atoms with Gasteiger partial charge in [-0.3, -0.25) is 4.79 Å². The largest absolute Gasteiger partial charge is 0.390 e. The molecule has 0 aromatic rings. The van der Waals surface area contributed by atoms with E-state index in [4.69, 9.17) is 0 Å². The van der Waals surface area contributed by atoms with Crippen molar-refractivity contribution < 1.29 is 9.90 Å². The fourth-order valence-corrected chi connectivity index (χ4v) is 10.7. The summed E-state index contributed by atoms with van der Waals surface area (Å²) in [6.45, 7) is 11.6. The van der Waals surface area contributed by atoms with Gasteiger partial charge in [-0.2, -0.15) is 0 Å². The summed E-state index contributed by atoms with van der Waals surface area (Å²) in [5.41, 5.74) is 1.47. The van der Waals surface area contributed by atoms with Crippen LogP contribution < -0.4 is 0 Å². The number of ketones is 1. The Balaban J connectivity index is 1.42. The highest BCUT2D eigenvalue weighted by Crippen LogP contribution is 2.88. The van der Waals surface area contributed by atoms with Crippen LogP contribution in [0.3, 0.4) is 0 Å².